The lowest BCUT2D eigenvalue weighted by Crippen LogP contribution is -2.23. The first kappa shape index (κ1) is 18.1. The molecule has 1 heterocycles. The van der Waals surface area contributed by atoms with E-state index in [-0.39, 0.29) is 28.1 Å². The molecule has 0 saturated carbocycles. The van der Waals surface area contributed by atoms with E-state index in [1.807, 2.05) is 5.48 Å². The smallest absolute Gasteiger partial charge is 0.202 e. The van der Waals surface area contributed by atoms with Crippen LogP contribution in [-0.2, 0) is 9.62 Å². The fourth-order valence-corrected chi connectivity index (χ4v) is 2.33. The fourth-order valence-electron chi connectivity index (χ4n) is 1.65. The summed E-state index contributed by atoms with van der Waals surface area (Å²) in [5.74, 6) is -0.178. The molecule has 130 valence electrons. The number of nitrogens with one attached hydrogen (secondary N) is 4. The van der Waals surface area contributed by atoms with Crippen LogP contribution >= 0.6 is 11.6 Å². The number of hydrogen-bond acceptors (Lipinski definition) is 8. The lowest BCUT2D eigenvalue weighted by atomic mass is 10.3. The Hall–Kier alpha value is -2.24. The van der Waals surface area contributed by atoms with Crippen molar-refractivity contribution < 1.29 is 14.2 Å². The Morgan fingerprint density at radius 2 is 2.21 bits per heavy atom. The van der Waals surface area contributed by atoms with Gasteiger partial charge in [0.25, 0.3) is 0 Å². The molecule has 1 aromatic heterocycles. The van der Waals surface area contributed by atoms with Crippen molar-refractivity contribution in [2.75, 3.05) is 23.9 Å². The number of halogens is 2. The van der Waals surface area contributed by atoms with Crippen LogP contribution in [0.5, 0.6) is 0 Å². The molecule has 0 bridgehead atoms. The van der Waals surface area contributed by atoms with E-state index in [2.05, 4.69) is 25.3 Å². The second-order valence-electron chi connectivity index (χ2n) is 4.85. The lowest BCUT2D eigenvalue weighted by molar-refractivity contribution is 0.234. The summed E-state index contributed by atoms with van der Waals surface area (Å²) >= 11 is 5.69. The maximum absolute atomic E-state index is 13.2. The second kappa shape index (κ2) is 7.55. The van der Waals surface area contributed by atoms with Gasteiger partial charge >= 0.3 is 0 Å². The molecule has 24 heavy (non-hydrogen) atoms. The summed E-state index contributed by atoms with van der Waals surface area (Å²) < 4.78 is 32.9. The molecule has 0 amide bonds. The molecular weight excluding hydrogens is 361 g/mol. The normalized spacial score (nSPS) is 12.2. The van der Waals surface area contributed by atoms with E-state index in [4.69, 9.17) is 21.2 Å². The fraction of sp³-hybridized carbons (Fsp3) is 0.250. The van der Waals surface area contributed by atoms with Crippen molar-refractivity contribution in [2.24, 2.45) is 4.99 Å². The molecule has 0 aliphatic rings. The molecule has 5 N–H and O–H groups in total. The first-order valence-corrected chi connectivity index (χ1v) is 9.15. The molecule has 2 aromatic rings. The van der Waals surface area contributed by atoms with Gasteiger partial charge in [-0.3, -0.25) is 20.2 Å². The van der Waals surface area contributed by atoms with Gasteiger partial charge in [-0.25, -0.2) is 14.0 Å². The van der Waals surface area contributed by atoms with Gasteiger partial charge in [-0.05, 0) is 28.5 Å². The quantitative estimate of drug-likeness (QED) is 0.298. The molecule has 0 unspecified atom stereocenters. The highest BCUT2D eigenvalue weighted by Crippen LogP contribution is 2.22. The van der Waals surface area contributed by atoms with Gasteiger partial charge in [-0.2, -0.15) is 0 Å². The zero-order chi connectivity index (χ0) is 17.7. The van der Waals surface area contributed by atoms with Crippen LogP contribution < -0.4 is 10.8 Å². The number of hydroxylamine groups is 1. The van der Waals surface area contributed by atoms with E-state index in [0.717, 1.165) is 6.07 Å². The third-order valence-electron chi connectivity index (χ3n) is 2.77. The number of nitrogens with zero attached hydrogens (tertiary/aromatic N) is 3. The molecule has 2 rings (SSSR count). The van der Waals surface area contributed by atoms with E-state index in [1.54, 1.807) is 0 Å². The number of aliphatic imine (C=N–C) groups is 1. The van der Waals surface area contributed by atoms with Crippen LogP contribution in [0.15, 0.2) is 27.8 Å². The van der Waals surface area contributed by atoms with Crippen LogP contribution in [0, 0.1) is 15.4 Å². The molecule has 0 spiro atoms. The Labute approximate surface area is 142 Å². The van der Waals surface area contributed by atoms with Gasteiger partial charge in [0.15, 0.2) is 11.5 Å². The number of anilines is 1. The summed E-state index contributed by atoms with van der Waals surface area (Å²) in [5.41, 5.74) is 2.24. The monoisotopic (exact) mass is 375 g/mol. The molecule has 1 aromatic carbocycles. The van der Waals surface area contributed by atoms with Crippen molar-refractivity contribution in [1.82, 2.24) is 15.8 Å². The number of amidine groups is 1. The van der Waals surface area contributed by atoms with E-state index in [1.165, 1.54) is 18.4 Å². The van der Waals surface area contributed by atoms with Crippen LogP contribution in [0.1, 0.15) is 5.69 Å². The first-order valence-electron chi connectivity index (χ1n) is 6.56. The summed E-state index contributed by atoms with van der Waals surface area (Å²) in [6.45, 7) is 0.307. The van der Waals surface area contributed by atoms with Crippen molar-refractivity contribution >= 4 is 38.6 Å². The first-order chi connectivity index (χ1) is 11.3. The molecular formula is C12H15ClFN7O2S. The molecule has 0 radical (unpaired) electrons. The van der Waals surface area contributed by atoms with E-state index in [0.29, 0.717) is 12.3 Å². The van der Waals surface area contributed by atoms with Crippen molar-refractivity contribution in [2.45, 2.75) is 0 Å². The Morgan fingerprint density at radius 3 is 2.83 bits per heavy atom. The Bertz CT molecular complexity index is 853. The van der Waals surface area contributed by atoms with E-state index in [9.17, 15) is 9.60 Å². The van der Waals surface area contributed by atoms with Crippen molar-refractivity contribution in [3.63, 3.8) is 0 Å². The molecule has 0 atom stereocenters. The average Bonchev–Trinajstić information content (AvgIpc) is 2.95. The van der Waals surface area contributed by atoms with Crippen LogP contribution in [-0.4, -0.2) is 39.9 Å². The average molecular weight is 376 g/mol. The largest absolute Gasteiger partial charge is 0.364 e. The highest BCUT2D eigenvalue weighted by Gasteiger charge is 2.16. The zero-order valence-corrected chi connectivity index (χ0v) is 14.1. The van der Waals surface area contributed by atoms with Gasteiger partial charge in [0.2, 0.25) is 5.82 Å². The zero-order valence-electron chi connectivity index (χ0n) is 12.5. The van der Waals surface area contributed by atoms with Crippen LogP contribution in [0.25, 0.3) is 0 Å². The molecule has 12 heteroatoms. The van der Waals surface area contributed by atoms with Crippen LogP contribution in [0.4, 0.5) is 15.9 Å². The van der Waals surface area contributed by atoms with Crippen LogP contribution in [0.3, 0.4) is 0 Å². The lowest BCUT2D eigenvalue weighted by Gasteiger charge is -2.07. The van der Waals surface area contributed by atoms with Crippen LogP contribution in [0.2, 0.25) is 5.02 Å². The molecule has 9 nitrogen and oxygen atoms in total. The molecule has 0 saturated heterocycles. The van der Waals surface area contributed by atoms with Crippen molar-refractivity contribution in [1.29, 1.82) is 9.56 Å². The van der Waals surface area contributed by atoms with Crippen molar-refractivity contribution in [3.8, 4) is 0 Å². The molecule has 0 fully saturated rings. The maximum Gasteiger partial charge on any atom is 0.202 e. The van der Waals surface area contributed by atoms with E-state index < -0.39 is 15.4 Å². The summed E-state index contributed by atoms with van der Waals surface area (Å²) in [6, 6.07) is 3.79. The summed E-state index contributed by atoms with van der Waals surface area (Å²) in [5, 5.41) is 19.3. The molecule has 0 aliphatic heterocycles. The number of hydrogen-bond donors (Lipinski definition) is 5. The maximum atomic E-state index is 13.2. The summed E-state index contributed by atoms with van der Waals surface area (Å²) in [4.78, 5) is 4.07. The Balaban J connectivity index is 2.23. The summed E-state index contributed by atoms with van der Waals surface area (Å²) in [7, 11) is -2.16. The van der Waals surface area contributed by atoms with Gasteiger partial charge in [0, 0.05) is 18.6 Å². The SMILES string of the molecule is CS(=N)(=N)CCNc1nonc1C(=Nc1ccc(F)c(Cl)c1)NO. The minimum Gasteiger partial charge on any atom is -0.364 e. The highest BCUT2D eigenvalue weighted by atomic mass is 35.5. The predicted octanol–water partition coefficient (Wildman–Crippen LogP) is 2.64. The van der Waals surface area contributed by atoms with Gasteiger partial charge < -0.3 is 5.32 Å². The third-order valence-corrected chi connectivity index (χ3v) is 4.08. The topological polar surface area (TPSA) is 143 Å². The minimum atomic E-state index is -2.16. The number of rotatable bonds is 6. The third kappa shape index (κ3) is 4.88. The summed E-state index contributed by atoms with van der Waals surface area (Å²) in [6.07, 6.45) is 1.54. The Morgan fingerprint density at radius 1 is 1.46 bits per heavy atom. The standard InChI is InChI=1S/C12H15ClFN7O2S/c1-24(15,16)5-4-17-11-10(20-23-21-11)12(19-22)18-7-2-3-9(14)8(13)6-7/h2-3,6,15-16,22H,4-5H2,1H3,(H,17,21)(H,18,19). The van der Waals surface area contributed by atoms with Gasteiger partial charge in [0.1, 0.15) is 5.82 Å². The second-order valence-corrected chi connectivity index (χ2v) is 7.84. The van der Waals surface area contributed by atoms with E-state index >= 15 is 0 Å². The minimum absolute atomic E-state index is 0.0876. The van der Waals surface area contributed by atoms with Gasteiger partial charge in [0.05, 0.1) is 10.7 Å². The van der Waals surface area contributed by atoms with Gasteiger partial charge in [-0.15, -0.1) is 0 Å². The Kier molecular flexibility index (Phi) is 5.70. The van der Waals surface area contributed by atoms with Crippen molar-refractivity contribution in [3.05, 3.63) is 34.7 Å². The predicted molar refractivity (Wildman–Crippen MR) is 88.9 cm³/mol. The highest BCUT2D eigenvalue weighted by molar-refractivity contribution is 7.92. The number of aromatic nitrogens is 2. The van der Waals surface area contributed by atoms with Gasteiger partial charge in [-0.1, -0.05) is 21.2 Å². The molecule has 0 aliphatic carbocycles. The number of benzene rings is 1.